The third kappa shape index (κ3) is 3.38. The molecule has 2 aromatic rings. The topological polar surface area (TPSA) is 55.1 Å². The van der Waals surface area contributed by atoms with Gasteiger partial charge in [-0.3, -0.25) is 4.79 Å². The maximum Gasteiger partial charge on any atom is 0.249 e. The summed E-state index contributed by atoms with van der Waals surface area (Å²) >= 11 is 0. The Balaban J connectivity index is 2.13. The third-order valence-corrected chi connectivity index (χ3v) is 3.32. The van der Waals surface area contributed by atoms with Gasteiger partial charge >= 0.3 is 0 Å². The van der Waals surface area contributed by atoms with E-state index in [4.69, 9.17) is 5.73 Å². The van der Waals surface area contributed by atoms with Gasteiger partial charge in [0.1, 0.15) is 0 Å². The minimum absolute atomic E-state index is 0.390. The minimum atomic E-state index is -0.390. The molecule has 0 radical (unpaired) electrons. The number of hydrogen-bond donors (Lipinski definition) is 2. The number of primary amides is 1. The Bertz CT molecular complexity index is 605. The lowest BCUT2D eigenvalue weighted by Crippen LogP contribution is -2.15. The van der Waals surface area contributed by atoms with Crippen LogP contribution >= 0.6 is 0 Å². The van der Waals surface area contributed by atoms with Gasteiger partial charge in [0.2, 0.25) is 5.91 Å². The maximum atomic E-state index is 11.4. The molecule has 2 aromatic carbocycles. The standard InChI is InChI=1S/C17H20N2O/c1-12(2)13-7-5-8-15(10-13)19-11-14-6-3-4-9-16(14)17(18)20/h3-10,12,19H,11H2,1-2H3,(H2,18,20). The number of anilines is 1. The normalized spacial score (nSPS) is 10.6. The second-order valence-corrected chi connectivity index (χ2v) is 5.16. The van der Waals surface area contributed by atoms with Crippen LogP contribution in [0.4, 0.5) is 5.69 Å². The fraction of sp³-hybridized carbons (Fsp3) is 0.235. The van der Waals surface area contributed by atoms with Gasteiger partial charge in [-0.15, -0.1) is 0 Å². The quantitative estimate of drug-likeness (QED) is 0.871. The summed E-state index contributed by atoms with van der Waals surface area (Å²) in [7, 11) is 0. The first-order valence-electron chi connectivity index (χ1n) is 6.79. The summed E-state index contributed by atoms with van der Waals surface area (Å²) < 4.78 is 0. The van der Waals surface area contributed by atoms with Gasteiger partial charge in [-0.1, -0.05) is 44.2 Å². The first kappa shape index (κ1) is 14.1. The molecule has 0 aromatic heterocycles. The number of hydrogen-bond acceptors (Lipinski definition) is 2. The van der Waals surface area contributed by atoms with E-state index in [0.29, 0.717) is 18.0 Å². The van der Waals surface area contributed by atoms with E-state index in [9.17, 15) is 4.79 Å². The molecule has 0 saturated heterocycles. The maximum absolute atomic E-state index is 11.4. The predicted molar refractivity (Wildman–Crippen MR) is 82.8 cm³/mol. The van der Waals surface area contributed by atoms with Crippen LogP contribution in [0.15, 0.2) is 48.5 Å². The van der Waals surface area contributed by atoms with Crippen LogP contribution in [0.3, 0.4) is 0 Å². The van der Waals surface area contributed by atoms with Crippen LogP contribution in [0.5, 0.6) is 0 Å². The average Bonchev–Trinajstić information content (AvgIpc) is 2.45. The zero-order valence-electron chi connectivity index (χ0n) is 11.9. The molecule has 1 amide bonds. The average molecular weight is 268 g/mol. The summed E-state index contributed by atoms with van der Waals surface area (Å²) in [5.41, 5.74) is 9.20. The lowest BCUT2D eigenvalue weighted by atomic mass is 10.0. The monoisotopic (exact) mass is 268 g/mol. The summed E-state index contributed by atoms with van der Waals surface area (Å²) in [6.07, 6.45) is 0. The predicted octanol–water partition coefficient (Wildman–Crippen LogP) is 3.52. The van der Waals surface area contributed by atoms with E-state index in [-0.39, 0.29) is 0 Å². The molecular weight excluding hydrogens is 248 g/mol. The molecule has 0 fully saturated rings. The van der Waals surface area contributed by atoms with Gasteiger partial charge < -0.3 is 11.1 Å². The molecule has 0 spiro atoms. The molecule has 0 bridgehead atoms. The van der Waals surface area contributed by atoms with Gasteiger partial charge in [0.25, 0.3) is 0 Å². The van der Waals surface area contributed by atoms with E-state index in [1.54, 1.807) is 6.07 Å². The van der Waals surface area contributed by atoms with Crippen LogP contribution in [-0.2, 0) is 6.54 Å². The van der Waals surface area contributed by atoms with Gasteiger partial charge in [-0.25, -0.2) is 0 Å². The van der Waals surface area contributed by atoms with Crippen molar-refractivity contribution in [2.75, 3.05) is 5.32 Å². The first-order chi connectivity index (χ1) is 9.58. The summed E-state index contributed by atoms with van der Waals surface area (Å²) in [5.74, 6) is 0.105. The molecule has 104 valence electrons. The Morgan fingerprint density at radius 1 is 1.15 bits per heavy atom. The zero-order valence-corrected chi connectivity index (χ0v) is 11.9. The zero-order chi connectivity index (χ0) is 14.5. The van der Waals surface area contributed by atoms with Crippen molar-refractivity contribution < 1.29 is 4.79 Å². The van der Waals surface area contributed by atoms with E-state index in [2.05, 4.69) is 31.3 Å². The Kier molecular flexibility index (Phi) is 4.41. The molecule has 0 unspecified atom stereocenters. The van der Waals surface area contributed by atoms with Crippen LogP contribution in [0.1, 0.15) is 41.3 Å². The van der Waals surface area contributed by atoms with Crippen LogP contribution in [-0.4, -0.2) is 5.91 Å². The van der Waals surface area contributed by atoms with E-state index in [0.717, 1.165) is 11.3 Å². The lowest BCUT2D eigenvalue weighted by Gasteiger charge is -2.12. The van der Waals surface area contributed by atoms with Crippen molar-refractivity contribution in [1.29, 1.82) is 0 Å². The van der Waals surface area contributed by atoms with E-state index in [1.807, 2.05) is 30.3 Å². The molecule has 20 heavy (non-hydrogen) atoms. The molecule has 0 saturated carbocycles. The van der Waals surface area contributed by atoms with Crippen molar-refractivity contribution in [3.05, 3.63) is 65.2 Å². The Labute approximate surface area is 119 Å². The molecule has 3 heteroatoms. The highest BCUT2D eigenvalue weighted by Gasteiger charge is 2.07. The highest BCUT2D eigenvalue weighted by molar-refractivity contribution is 5.94. The van der Waals surface area contributed by atoms with Crippen molar-refractivity contribution in [3.63, 3.8) is 0 Å². The second-order valence-electron chi connectivity index (χ2n) is 5.16. The summed E-state index contributed by atoms with van der Waals surface area (Å²) in [4.78, 5) is 11.4. The lowest BCUT2D eigenvalue weighted by molar-refractivity contribution is 0.0999. The van der Waals surface area contributed by atoms with Gasteiger partial charge in [-0.05, 0) is 35.2 Å². The summed E-state index contributed by atoms with van der Waals surface area (Å²) in [6.45, 7) is 4.92. The number of nitrogens with two attached hydrogens (primary N) is 1. The van der Waals surface area contributed by atoms with E-state index in [1.165, 1.54) is 5.56 Å². The van der Waals surface area contributed by atoms with E-state index < -0.39 is 5.91 Å². The molecular formula is C17H20N2O. The molecule has 2 rings (SSSR count). The smallest absolute Gasteiger partial charge is 0.249 e. The number of rotatable bonds is 5. The molecule has 0 aliphatic carbocycles. The third-order valence-electron chi connectivity index (χ3n) is 3.32. The van der Waals surface area contributed by atoms with Gasteiger partial charge in [0, 0.05) is 17.8 Å². The molecule has 3 nitrogen and oxygen atoms in total. The molecule has 0 aliphatic heterocycles. The number of benzene rings is 2. The highest BCUT2D eigenvalue weighted by atomic mass is 16.1. The summed E-state index contributed by atoms with van der Waals surface area (Å²) in [6, 6.07) is 15.7. The van der Waals surface area contributed by atoms with Crippen molar-refractivity contribution in [2.45, 2.75) is 26.3 Å². The Hall–Kier alpha value is -2.29. The van der Waals surface area contributed by atoms with Crippen LogP contribution < -0.4 is 11.1 Å². The molecule has 3 N–H and O–H groups in total. The van der Waals surface area contributed by atoms with Crippen molar-refractivity contribution >= 4 is 11.6 Å². The Morgan fingerprint density at radius 2 is 1.90 bits per heavy atom. The fourth-order valence-electron chi connectivity index (χ4n) is 2.12. The van der Waals surface area contributed by atoms with Gasteiger partial charge in [0.05, 0.1) is 0 Å². The van der Waals surface area contributed by atoms with Gasteiger partial charge in [0.15, 0.2) is 0 Å². The first-order valence-corrected chi connectivity index (χ1v) is 6.79. The molecule has 0 aliphatic rings. The SMILES string of the molecule is CC(C)c1cccc(NCc2ccccc2C(N)=O)c1. The fourth-order valence-corrected chi connectivity index (χ4v) is 2.12. The minimum Gasteiger partial charge on any atom is -0.381 e. The van der Waals surface area contributed by atoms with Crippen molar-refractivity contribution in [3.8, 4) is 0 Å². The molecule has 0 heterocycles. The van der Waals surface area contributed by atoms with Crippen molar-refractivity contribution in [2.24, 2.45) is 5.73 Å². The number of nitrogens with one attached hydrogen (secondary N) is 1. The van der Waals surface area contributed by atoms with Crippen LogP contribution in [0.2, 0.25) is 0 Å². The van der Waals surface area contributed by atoms with E-state index >= 15 is 0 Å². The second kappa shape index (κ2) is 6.24. The van der Waals surface area contributed by atoms with Crippen LogP contribution in [0.25, 0.3) is 0 Å². The number of carbonyl (C=O) groups is 1. The van der Waals surface area contributed by atoms with Gasteiger partial charge in [-0.2, -0.15) is 0 Å². The van der Waals surface area contributed by atoms with Crippen molar-refractivity contribution in [1.82, 2.24) is 0 Å². The molecule has 0 atom stereocenters. The number of carbonyl (C=O) groups excluding carboxylic acids is 1. The Morgan fingerprint density at radius 3 is 2.60 bits per heavy atom. The van der Waals surface area contributed by atoms with Crippen LogP contribution in [0, 0.1) is 0 Å². The largest absolute Gasteiger partial charge is 0.381 e. The highest BCUT2D eigenvalue weighted by Crippen LogP contribution is 2.19. The number of amides is 1. The summed E-state index contributed by atoms with van der Waals surface area (Å²) in [5, 5.41) is 3.34.